The standard InChI is InChI=1S/C23H26ClF3N6O/c1-14(2)32-6-8-33(9-7-32)18-10-16-21(29-13-30-22(16)31-20(18)24)28-11-15-4-3-5-17(19(15)25)23(26,27)12-34/h3-5,10,13-14,34H,6-9,11-12H2,1-2H3,(H,28,29,30,31). The largest absolute Gasteiger partial charge is 0.390 e. The summed E-state index contributed by atoms with van der Waals surface area (Å²) in [5, 5.41) is 12.8. The van der Waals surface area contributed by atoms with Crippen molar-refractivity contribution >= 4 is 34.1 Å². The topological polar surface area (TPSA) is 77.4 Å². The molecule has 7 nitrogen and oxygen atoms in total. The number of anilines is 2. The van der Waals surface area contributed by atoms with E-state index in [0.717, 1.165) is 37.9 Å². The first-order valence-corrected chi connectivity index (χ1v) is 11.4. The van der Waals surface area contributed by atoms with Crippen LogP contribution in [0.2, 0.25) is 5.15 Å². The summed E-state index contributed by atoms with van der Waals surface area (Å²) in [6, 6.07) is 6.01. The molecule has 2 N–H and O–H groups in total. The van der Waals surface area contributed by atoms with E-state index in [0.29, 0.717) is 28.0 Å². The van der Waals surface area contributed by atoms with Crippen LogP contribution in [0.3, 0.4) is 0 Å². The quantitative estimate of drug-likeness (QED) is 0.480. The van der Waals surface area contributed by atoms with Crippen LogP contribution in [0, 0.1) is 5.82 Å². The molecule has 11 heteroatoms. The van der Waals surface area contributed by atoms with Crippen molar-refractivity contribution in [3.05, 3.63) is 52.7 Å². The molecule has 0 amide bonds. The van der Waals surface area contributed by atoms with Crippen LogP contribution in [0.5, 0.6) is 0 Å². The van der Waals surface area contributed by atoms with E-state index in [1.54, 1.807) is 0 Å². The first-order chi connectivity index (χ1) is 16.2. The summed E-state index contributed by atoms with van der Waals surface area (Å²) in [5.41, 5.74) is 0.293. The number of halogens is 4. The lowest BCUT2D eigenvalue weighted by molar-refractivity contribution is -0.0583. The molecule has 0 aliphatic carbocycles. The van der Waals surface area contributed by atoms with Crippen LogP contribution in [0.25, 0.3) is 11.0 Å². The Morgan fingerprint density at radius 3 is 2.59 bits per heavy atom. The molecule has 1 aliphatic rings. The number of aromatic nitrogens is 3. The minimum atomic E-state index is -3.67. The van der Waals surface area contributed by atoms with Gasteiger partial charge in [-0.05, 0) is 26.0 Å². The molecule has 1 saturated heterocycles. The van der Waals surface area contributed by atoms with Crippen molar-refractivity contribution < 1.29 is 18.3 Å². The normalized spacial score (nSPS) is 15.4. The number of piperazine rings is 1. The Balaban J connectivity index is 1.60. The van der Waals surface area contributed by atoms with Crippen LogP contribution < -0.4 is 10.2 Å². The average Bonchev–Trinajstić information content (AvgIpc) is 2.82. The van der Waals surface area contributed by atoms with E-state index in [4.69, 9.17) is 16.7 Å². The molecule has 0 spiro atoms. The highest BCUT2D eigenvalue weighted by atomic mass is 35.5. The molecule has 3 heterocycles. The number of alkyl halides is 2. The van der Waals surface area contributed by atoms with E-state index in [1.807, 2.05) is 6.07 Å². The van der Waals surface area contributed by atoms with Gasteiger partial charge in [0.2, 0.25) is 0 Å². The van der Waals surface area contributed by atoms with Crippen molar-refractivity contribution in [3.63, 3.8) is 0 Å². The Kier molecular flexibility index (Phi) is 7.11. The fraction of sp³-hybridized carbons (Fsp3) is 0.435. The van der Waals surface area contributed by atoms with Crippen LogP contribution >= 0.6 is 11.6 Å². The van der Waals surface area contributed by atoms with Crippen molar-refractivity contribution in [1.29, 1.82) is 0 Å². The molecule has 34 heavy (non-hydrogen) atoms. The highest BCUT2D eigenvalue weighted by Gasteiger charge is 2.34. The smallest absolute Gasteiger partial charge is 0.298 e. The Morgan fingerprint density at radius 1 is 1.18 bits per heavy atom. The molecule has 1 fully saturated rings. The number of fused-ring (bicyclic) bond motifs is 1. The van der Waals surface area contributed by atoms with Crippen molar-refractivity contribution in [2.75, 3.05) is 43.0 Å². The molecule has 0 unspecified atom stereocenters. The Bertz CT molecular complexity index is 1170. The fourth-order valence-corrected chi connectivity index (χ4v) is 4.31. The zero-order valence-corrected chi connectivity index (χ0v) is 19.7. The number of rotatable bonds is 7. The third kappa shape index (κ3) is 4.89. The number of aliphatic hydroxyl groups is 1. The summed E-state index contributed by atoms with van der Waals surface area (Å²) < 4.78 is 42.4. The van der Waals surface area contributed by atoms with E-state index in [2.05, 4.69) is 43.9 Å². The lowest BCUT2D eigenvalue weighted by Gasteiger charge is -2.38. The highest BCUT2D eigenvalue weighted by Crippen LogP contribution is 2.33. The van der Waals surface area contributed by atoms with Gasteiger partial charge in [-0.3, -0.25) is 4.90 Å². The molecule has 0 saturated carbocycles. The summed E-state index contributed by atoms with van der Waals surface area (Å²) in [6.07, 6.45) is 1.31. The fourth-order valence-electron chi connectivity index (χ4n) is 4.06. The summed E-state index contributed by atoms with van der Waals surface area (Å²) in [6.45, 7) is 6.14. The summed E-state index contributed by atoms with van der Waals surface area (Å²) in [5.74, 6) is -4.36. The molecule has 0 bridgehead atoms. The maximum Gasteiger partial charge on any atom is 0.298 e. The minimum Gasteiger partial charge on any atom is -0.390 e. The summed E-state index contributed by atoms with van der Waals surface area (Å²) in [4.78, 5) is 17.4. The van der Waals surface area contributed by atoms with Gasteiger partial charge in [0.15, 0.2) is 10.8 Å². The maximum absolute atomic E-state index is 14.7. The molecule has 1 aliphatic heterocycles. The molecule has 182 valence electrons. The molecule has 1 aromatic carbocycles. The maximum atomic E-state index is 14.7. The van der Waals surface area contributed by atoms with Gasteiger partial charge in [0.25, 0.3) is 5.92 Å². The van der Waals surface area contributed by atoms with Gasteiger partial charge in [0, 0.05) is 44.3 Å². The average molecular weight is 495 g/mol. The van der Waals surface area contributed by atoms with E-state index < -0.39 is 23.9 Å². The van der Waals surface area contributed by atoms with Gasteiger partial charge in [-0.25, -0.2) is 19.3 Å². The first-order valence-electron chi connectivity index (χ1n) is 11.0. The Morgan fingerprint density at radius 2 is 1.91 bits per heavy atom. The van der Waals surface area contributed by atoms with Gasteiger partial charge >= 0.3 is 0 Å². The van der Waals surface area contributed by atoms with Crippen LogP contribution in [0.1, 0.15) is 25.0 Å². The van der Waals surface area contributed by atoms with E-state index in [9.17, 15) is 13.2 Å². The lowest BCUT2D eigenvalue weighted by Crippen LogP contribution is -2.49. The van der Waals surface area contributed by atoms with Gasteiger partial charge < -0.3 is 15.3 Å². The van der Waals surface area contributed by atoms with Gasteiger partial charge in [-0.1, -0.05) is 23.7 Å². The third-order valence-corrected chi connectivity index (χ3v) is 6.34. The number of hydrogen-bond donors (Lipinski definition) is 2. The summed E-state index contributed by atoms with van der Waals surface area (Å²) >= 11 is 6.47. The number of aliphatic hydroxyl groups excluding tert-OH is 1. The van der Waals surface area contributed by atoms with Crippen LogP contribution in [-0.2, 0) is 12.5 Å². The molecule has 0 atom stereocenters. The van der Waals surface area contributed by atoms with E-state index in [-0.39, 0.29) is 12.1 Å². The monoisotopic (exact) mass is 494 g/mol. The second kappa shape index (κ2) is 9.89. The zero-order chi connectivity index (χ0) is 24.5. The lowest BCUT2D eigenvalue weighted by atomic mass is 10.0. The number of pyridine rings is 1. The second-order valence-corrected chi connectivity index (χ2v) is 8.86. The molecule has 3 aromatic rings. The third-order valence-electron chi connectivity index (χ3n) is 6.06. The predicted molar refractivity (Wildman–Crippen MR) is 126 cm³/mol. The van der Waals surface area contributed by atoms with E-state index >= 15 is 0 Å². The Labute approximate surface area is 200 Å². The van der Waals surface area contributed by atoms with Crippen molar-refractivity contribution in [2.24, 2.45) is 0 Å². The van der Waals surface area contributed by atoms with Gasteiger partial charge in [-0.15, -0.1) is 0 Å². The Hall–Kier alpha value is -2.69. The number of nitrogens with zero attached hydrogens (tertiary/aromatic N) is 5. The van der Waals surface area contributed by atoms with Gasteiger partial charge in [0.1, 0.15) is 24.6 Å². The minimum absolute atomic E-state index is 0.0179. The van der Waals surface area contributed by atoms with Gasteiger partial charge in [-0.2, -0.15) is 8.78 Å². The molecular formula is C23H26ClF3N6O. The van der Waals surface area contributed by atoms with Crippen LogP contribution in [0.15, 0.2) is 30.6 Å². The number of benzene rings is 1. The van der Waals surface area contributed by atoms with Crippen LogP contribution in [-0.4, -0.2) is 63.8 Å². The second-order valence-electron chi connectivity index (χ2n) is 8.50. The highest BCUT2D eigenvalue weighted by molar-refractivity contribution is 6.32. The predicted octanol–water partition coefficient (Wildman–Crippen LogP) is 4.04. The molecule has 0 radical (unpaired) electrons. The van der Waals surface area contributed by atoms with Crippen molar-refractivity contribution in [1.82, 2.24) is 19.9 Å². The summed E-state index contributed by atoms with van der Waals surface area (Å²) in [7, 11) is 0. The van der Waals surface area contributed by atoms with Crippen molar-refractivity contribution in [2.45, 2.75) is 32.4 Å². The van der Waals surface area contributed by atoms with Crippen LogP contribution in [0.4, 0.5) is 24.7 Å². The zero-order valence-electron chi connectivity index (χ0n) is 18.9. The first kappa shape index (κ1) is 24.4. The molecule has 4 rings (SSSR count). The molecular weight excluding hydrogens is 469 g/mol. The van der Waals surface area contributed by atoms with E-state index in [1.165, 1.54) is 18.5 Å². The van der Waals surface area contributed by atoms with Crippen molar-refractivity contribution in [3.8, 4) is 0 Å². The number of hydrogen-bond acceptors (Lipinski definition) is 7. The molecule has 2 aromatic heterocycles. The SMILES string of the molecule is CC(C)N1CCN(c2cc3c(NCc4cccc(C(F)(F)CO)c4F)ncnc3nc2Cl)CC1. The van der Waals surface area contributed by atoms with Gasteiger partial charge in [0.05, 0.1) is 16.6 Å². The number of nitrogens with one attached hydrogen (secondary N) is 1.